The third kappa shape index (κ3) is 14.9. The molecule has 266 valence electrons. The Hall–Kier alpha value is -2.14. The van der Waals surface area contributed by atoms with Gasteiger partial charge in [-0.05, 0) is 94.1 Å². The van der Waals surface area contributed by atoms with Gasteiger partial charge in [0, 0.05) is 56.9 Å². The highest BCUT2D eigenvalue weighted by Crippen LogP contribution is 2.26. The van der Waals surface area contributed by atoms with Crippen LogP contribution in [0.25, 0.3) is 0 Å². The quantitative estimate of drug-likeness (QED) is 0.142. The van der Waals surface area contributed by atoms with Crippen molar-refractivity contribution < 1.29 is 13.6 Å². The van der Waals surface area contributed by atoms with E-state index < -0.39 is 11.6 Å². The molecular weight excluding hydrogens is 618 g/mol. The lowest BCUT2D eigenvalue weighted by Gasteiger charge is -2.39. The molecule has 3 atom stereocenters. The average Bonchev–Trinajstić information content (AvgIpc) is 3.03. The van der Waals surface area contributed by atoms with Crippen LogP contribution in [0.2, 0.25) is 0 Å². The maximum Gasteiger partial charge on any atom is 0.226 e. The van der Waals surface area contributed by atoms with E-state index >= 15 is 0 Å². The molecule has 1 fully saturated rings. The summed E-state index contributed by atoms with van der Waals surface area (Å²) < 4.78 is 26.9. The Morgan fingerprint density at radius 1 is 0.894 bits per heavy atom. The number of hydrogen-bond acceptors (Lipinski definition) is 6. The number of nitrogens with two attached hydrogens (primary N) is 2. The standard InChI is InChI=1S/C37H60F2N6O.ClH/c1-27(2)20-32(42-24-30(41)21-28-10-6-5-7-11-28)25-43-31(12-8-9-19-40)26-44(3)33-14-16-34(17-15-33)45(4)37(46)23-29-13-18-35(38)36(39)22-29;/h5-7,10-11,13,18,22,27,30-34,42-43H,8-9,12,14-17,19-21,23-26,40-41H2,1-4H3;1H/t30-,31-,32-,33?,34?;/m1./s1. The van der Waals surface area contributed by atoms with Crippen LogP contribution in [0, 0.1) is 17.6 Å². The van der Waals surface area contributed by atoms with Crippen molar-refractivity contribution >= 4 is 18.3 Å². The second kappa shape index (κ2) is 21.8. The van der Waals surface area contributed by atoms with E-state index in [4.69, 9.17) is 11.5 Å². The van der Waals surface area contributed by atoms with Crippen molar-refractivity contribution in [1.29, 1.82) is 0 Å². The molecule has 7 nitrogen and oxygen atoms in total. The van der Waals surface area contributed by atoms with E-state index in [9.17, 15) is 13.6 Å². The highest BCUT2D eigenvalue weighted by molar-refractivity contribution is 5.85. The molecule has 1 amide bonds. The molecule has 2 aromatic rings. The van der Waals surface area contributed by atoms with Gasteiger partial charge in [-0.3, -0.25) is 4.79 Å². The predicted molar refractivity (Wildman–Crippen MR) is 193 cm³/mol. The van der Waals surface area contributed by atoms with Crippen LogP contribution in [0.1, 0.15) is 76.3 Å². The number of amides is 1. The molecule has 0 aromatic heterocycles. The van der Waals surface area contributed by atoms with Crippen LogP contribution in [0.4, 0.5) is 8.78 Å². The summed E-state index contributed by atoms with van der Waals surface area (Å²) in [5, 5.41) is 7.68. The zero-order valence-corrected chi connectivity index (χ0v) is 29.9. The Balaban J connectivity index is 0.00000768. The number of nitrogens with zero attached hydrogens (tertiary/aromatic N) is 2. The van der Waals surface area contributed by atoms with Gasteiger partial charge in [-0.2, -0.15) is 0 Å². The normalized spacial score (nSPS) is 18.5. The lowest BCUT2D eigenvalue weighted by molar-refractivity contribution is -0.132. The zero-order valence-electron chi connectivity index (χ0n) is 29.1. The summed E-state index contributed by atoms with van der Waals surface area (Å²) in [6.45, 7) is 7.91. The lowest BCUT2D eigenvalue weighted by Crippen LogP contribution is -2.51. The van der Waals surface area contributed by atoms with Gasteiger partial charge < -0.3 is 31.9 Å². The fraction of sp³-hybridized carbons (Fsp3) is 0.649. The SMILES string of the molecule is CC(C)C[C@H](CN[C@H](CCCCN)CN(C)C1CCC(N(C)C(=O)Cc2ccc(F)c(F)c2)CC1)NC[C@H](N)Cc1ccccc1.Cl. The van der Waals surface area contributed by atoms with Crippen LogP contribution in [0.15, 0.2) is 48.5 Å². The van der Waals surface area contributed by atoms with Crippen LogP contribution >= 0.6 is 12.4 Å². The molecule has 0 aliphatic heterocycles. The van der Waals surface area contributed by atoms with Crippen LogP contribution in [0.5, 0.6) is 0 Å². The fourth-order valence-corrected chi connectivity index (χ4v) is 6.75. The highest BCUT2D eigenvalue weighted by atomic mass is 35.5. The van der Waals surface area contributed by atoms with Crippen molar-refractivity contribution in [2.24, 2.45) is 17.4 Å². The molecule has 0 unspecified atom stereocenters. The maximum atomic E-state index is 13.6. The highest BCUT2D eigenvalue weighted by Gasteiger charge is 2.29. The minimum atomic E-state index is -0.915. The van der Waals surface area contributed by atoms with Crippen LogP contribution in [0.3, 0.4) is 0 Å². The molecule has 3 rings (SSSR count). The number of hydrogen-bond donors (Lipinski definition) is 4. The molecule has 0 radical (unpaired) electrons. The summed E-state index contributed by atoms with van der Waals surface area (Å²) in [7, 11) is 4.07. The van der Waals surface area contributed by atoms with Gasteiger partial charge >= 0.3 is 0 Å². The Labute approximate surface area is 289 Å². The number of halogens is 3. The number of nitrogens with one attached hydrogen (secondary N) is 2. The van der Waals surface area contributed by atoms with Crippen molar-refractivity contribution in [3.8, 4) is 0 Å². The minimum Gasteiger partial charge on any atom is -0.342 e. The summed E-state index contributed by atoms with van der Waals surface area (Å²) in [5.74, 6) is -1.28. The Bertz CT molecular complexity index is 1150. The van der Waals surface area contributed by atoms with Gasteiger partial charge in [0.2, 0.25) is 5.91 Å². The van der Waals surface area contributed by atoms with E-state index in [0.29, 0.717) is 36.2 Å². The van der Waals surface area contributed by atoms with Gasteiger partial charge in [0.05, 0.1) is 6.42 Å². The van der Waals surface area contributed by atoms with Gasteiger partial charge in [0.25, 0.3) is 0 Å². The molecule has 0 saturated heterocycles. The van der Waals surface area contributed by atoms with Gasteiger partial charge in [0.1, 0.15) is 0 Å². The first-order valence-corrected chi connectivity index (χ1v) is 17.4. The first kappa shape index (κ1) is 41.0. The molecule has 0 bridgehead atoms. The molecule has 1 saturated carbocycles. The van der Waals surface area contributed by atoms with E-state index in [0.717, 1.165) is 89.6 Å². The number of carbonyl (C=O) groups is 1. The summed E-state index contributed by atoms with van der Waals surface area (Å²) in [5.41, 5.74) is 14.1. The summed E-state index contributed by atoms with van der Waals surface area (Å²) in [4.78, 5) is 17.2. The molecule has 1 aliphatic carbocycles. The van der Waals surface area contributed by atoms with Crippen molar-refractivity contribution in [3.05, 3.63) is 71.3 Å². The van der Waals surface area contributed by atoms with Gasteiger partial charge in [-0.25, -0.2) is 8.78 Å². The fourth-order valence-electron chi connectivity index (χ4n) is 6.75. The molecule has 0 spiro atoms. The largest absolute Gasteiger partial charge is 0.342 e. The third-order valence-electron chi connectivity index (χ3n) is 9.50. The molecule has 6 N–H and O–H groups in total. The average molecular weight is 679 g/mol. The van der Waals surface area contributed by atoms with Crippen LogP contribution < -0.4 is 22.1 Å². The van der Waals surface area contributed by atoms with E-state index in [2.05, 4.69) is 60.7 Å². The number of likely N-dealkylation sites (N-methyl/N-ethyl adjacent to an activating group) is 2. The minimum absolute atomic E-state index is 0. The second-order valence-corrected chi connectivity index (χ2v) is 13.9. The van der Waals surface area contributed by atoms with Gasteiger partial charge in [-0.15, -0.1) is 12.4 Å². The smallest absolute Gasteiger partial charge is 0.226 e. The molecule has 2 aromatic carbocycles. The molecule has 0 heterocycles. The Morgan fingerprint density at radius 3 is 2.19 bits per heavy atom. The Morgan fingerprint density at radius 2 is 1.55 bits per heavy atom. The van der Waals surface area contributed by atoms with E-state index in [1.54, 1.807) is 0 Å². The molecule has 1 aliphatic rings. The summed E-state index contributed by atoms with van der Waals surface area (Å²) in [6.07, 6.45) is 9.16. The molecular formula is C37H61ClF2N6O. The number of unbranched alkanes of at least 4 members (excludes halogenated alkanes) is 1. The van der Waals surface area contributed by atoms with Crippen molar-refractivity contribution in [2.45, 2.75) is 108 Å². The summed E-state index contributed by atoms with van der Waals surface area (Å²) in [6, 6.07) is 15.5. The van der Waals surface area contributed by atoms with E-state index in [1.807, 2.05) is 18.0 Å². The first-order chi connectivity index (χ1) is 22.0. The second-order valence-electron chi connectivity index (χ2n) is 13.9. The van der Waals surface area contributed by atoms with Gasteiger partial charge in [0.15, 0.2) is 11.6 Å². The van der Waals surface area contributed by atoms with E-state index in [-0.39, 0.29) is 36.8 Å². The predicted octanol–water partition coefficient (Wildman–Crippen LogP) is 5.29. The van der Waals surface area contributed by atoms with Crippen LogP contribution in [-0.2, 0) is 17.6 Å². The molecule has 10 heteroatoms. The Kier molecular flexibility index (Phi) is 19.0. The maximum absolute atomic E-state index is 13.6. The summed E-state index contributed by atoms with van der Waals surface area (Å²) >= 11 is 0. The number of carbonyl (C=O) groups excluding carboxylic acids is 1. The van der Waals surface area contributed by atoms with Crippen molar-refractivity contribution in [1.82, 2.24) is 20.4 Å². The van der Waals surface area contributed by atoms with Crippen molar-refractivity contribution in [2.75, 3.05) is 40.3 Å². The third-order valence-corrected chi connectivity index (χ3v) is 9.50. The van der Waals surface area contributed by atoms with Crippen LogP contribution in [-0.4, -0.2) is 86.2 Å². The topological polar surface area (TPSA) is 99.6 Å². The van der Waals surface area contributed by atoms with Crippen molar-refractivity contribution in [3.63, 3.8) is 0 Å². The zero-order chi connectivity index (χ0) is 33.5. The monoisotopic (exact) mass is 678 g/mol. The lowest BCUT2D eigenvalue weighted by atomic mass is 9.89. The molecule has 47 heavy (non-hydrogen) atoms. The first-order valence-electron chi connectivity index (χ1n) is 17.4. The number of rotatable bonds is 20. The number of benzene rings is 2. The van der Waals surface area contributed by atoms with E-state index in [1.165, 1.54) is 11.6 Å². The van der Waals surface area contributed by atoms with Gasteiger partial charge in [-0.1, -0.05) is 56.7 Å².